The predicted octanol–water partition coefficient (Wildman–Crippen LogP) is 2.98. The van der Waals surface area contributed by atoms with E-state index in [1.54, 1.807) is 12.3 Å². The molecule has 1 aromatic rings. The third-order valence-corrected chi connectivity index (χ3v) is 3.11. The van der Waals surface area contributed by atoms with Crippen molar-refractivity contribution in [2.24, 2.45) is 4.99 Å². The van der Waals surface area contributed by atoms with Gasteiger partial charge in [-0.1, -0.05) is 17.7 Å². The maximum Gasteiger partial charge on any atom is 0.407 e. The van der Waals surface area contributed by atoms with Gasteiger partial charge in [0, 0.05) is 32.4 Å². The molecule has 0 aliphatic carbocycles. The first-order chi connectivity index (χ1) is 11.8. The van der Waals surface area contributed by atoms with Gasteiger partial charge >= 0.3 is 6.09 Å². The molecule has 26 heavy (non-hydrogen) atoms. The number of aliphatic imine (C=N–C) groups is 1. The summed E-state index contributed by atoms with van der Waals surface area (Å²) in [6.45, 7) is 9.87. The van der Waals surface area contributed by atoms with Crippen LogP contribution in [0.1, 0.15) is 33.3 Å². The fourth-order valence-electron chi connectivity index (χ4n) is 1.85. The SMILES string of the molecule is CCNC(=NCCc1ccc(Cl)nc1)NCCNC(=O)OC(C)(C)C.I. The lowest BCUT2D eigenvalue weighted by Crippen LogP contribution is -2.42. The van der Waals surface area contributed by atoms with E-state index in [-0.39, 0.29) is 24.0 Å². The van der Waals surface area contributed by atoms with E-state index in [4.69, 9.17) is 16.3 Å². The monoisotopic (exact) mass is 497 g/mol. The highest BCUT2D eigenvalue weighted by Gasteiger charge is 2.15. The number of halogens is 2. The van der Waals surface area contributed by atoms with Crippen molar-refractivity contribution in [3.8, 4) is 0 Å². The van der Waals surface area contributed by atoms with Crippen LogP contribution < -0.4 is 16.0 Å². The number of carbonyl (C=O) groups excluding carboxylic acids is 1. The predicted molar refractivity (Wildman–Crippen MR) is 117 cm³/mol. The summed E-state index contributed by atoms with van der Waals surface area (Å²) in [6.07, 6.45) is 2.10. The van der Waals surface area contributed by atoms with Crippen molar-refractivity contribution in [1.29, 1.82) is 0 Å². The highest BCUT2D eigenvalue weighted by atomic mass is 127. The number of hydrogen-bond donors (Lipinski definition) is 3. The number of guanidine groups is 1. The molecule has 0 saturated heterocycles. The molecule has 9 heteroatoms. The molecule has 0 atom stereocenters. The molecule has 0 aromatic carbocycles. The van der Waals surface area contributed by atoms with Crippen LogP contribution in [0.15, 0.2) is 23.3 Å². The lowest BCUT2D eigenvalue weighted by molar-refractivity contribution is 0.0529. The fraction of sp³-hybridized carbons (Fsp3) is 0.588. The van der Waals surface area contributed by atoms with E-state index < -0.39 is 11.7 Å². The van der Waals surface area contributed by atoms with Gasteiger partial charge in [-0.25, -0.2) is 9.78 Å². The van der Waals surface area contributed by atoms with Gasteiger partial charge in [0.25, 0.3) is 0 Å². The molecule has 0 radical (unpaired) electrons. The number of carbonyl (C=O) groups is 1. The van der Waals surface area contributed by atoms with Crippen LogP contribution in [0.25, 0.3) is 0 Å². The average Bonchev–Trinajstić information content (AvgIpc) is 2.51. The Labute approximate surface area is 177 Å². The number of nitrogens with zero attached hydrogens (tertiary/aromatic N) is 2. The molecule has 148 valence electrons. The van der Waals surface area contributed by atoms with Gasteiger partial charge in [-0.15, -0.1) is 24.0 Å². The van der Waals surface area contributed by atoms with Gasteiger partial charge < -0.3 is 20.7 Å². The number of ether oxygens (including phenoxy) is 1. The highest BCUT2D eigenvalue weighted by molar-refractivity contribution is 14.0. The van der Waals surface area contributed by atoms with Crippen molar-refractivity contribution in [3.63, 3.8) is 0 Å². The maximum absolute atomic E-state index is 11.6. The quantitative estimate of drug-likeness (QED) is 0.177. The minimum absolute atomic E-state index is 0. The van der Waals surface area contributed by atoms with E-state index >= 15 is 0 Å². The van der Waals surface area contributed by atoms with E-state index in [2.05, 4.69) is 25.9 Å². The van der Waals surface area contributed by atoms with Crippen LogP contribution in [-0.2, 0) is 11.2 Å². The van der Waals surface area contributed by atoms with Crippen LogP contribution in [0, 0.1) is 0 Å². The number of nitrogens with one attached hydrogen (secondary N) is 3. The van der Waals surface area contributed by atoms with Crippen LogP contribution >= 0.6 is 35.6 Å². The van der Waals surface area contributed by atoms with Crippen LogP contribution in [0.3, 0.4) is 0 Å². The van der Waals surface area contributed by atoms with Crippen LogP contribution in [0.2, 0.25) is 5.15 Å². The molecule has 0 bridgehead atoms. The molecule has 0 fully saturated rings. The summed E-state index contributed by atoms with van der Waals surface area (Å²) < 4.78 is 5.18. The van der Waals surface area contributed by atoms with Crippen LogP contribution in [-0.4, -0.2) is 48.8 Å². The van der Waals surface area contributed by atoms with Gasteiger partial charge in [0.2, 0.25) is 0 Å². The highest BCUT2D eigenvalue weighted by Crippen LogP contribution is 2.06. The van der Waals surface area contributed by atoms with Gasteiger partial charge in [-0.2, -0.15) is 0 Å². The molecular weight excluding hydrogens is 469 g/mol. The Kier molecular flexibility index (Phi) is 12.3. The minimum atomic E-state index is -0.496. The number of rotatable bonds is 7. The molecule has 0 aliphatic heterocycles. The first-order valence-corrected chi connectivity index (χ1v) is 8.77. The molecule has 7 nitrogen and oxygen atoms in total. The van der Waals surface area contributed by atoms with Gasteiger partial charge in [0.15, 0.2) is 5.96 Å². The summed E-state index contributed by atoms with van der Waals surface area (Å²) in [5, 5.41) is 9.51. The van der Waals surface area contributed by atoms with Crippen molar-refractivity contribution in [3.05, 3.63) is 29.0 Å². The summed E-state index contributed by atoms with van der Waals surface area (Å²) in [6, 6.07) is 3.71. The Bertz CT molecular complexity index is 561. The summed E-state index contributed by atoms with van der Waals surface area (Å²) in [4.78, 5) is 20.1. The summed E-state index contributed by atoms with van der Waals surface area (Å²) in [5.41, 5.74) is 0.584. The van der Waals surface area contributed by atoms with E-state index in [0.29, 0.717) is 30.7 Å². The molecular formula is C17H29ClIN5O2. The molecule has 0 unspecified atom stereocenters. The smallest absolute Gasteiger partial charge is 0.407 e. The van der Waals surface area contributed by atoms with Crippen molar-refractivity contribution in [2.45, 2.75) is 39.7 Å². The molecule has 0 aliphatic rings. The van der Waals surface area contributed by atoms with Crippen molar-refractivity contribution in [2.75, 3.05) is 26.2 Å². The maximum atomic E-state index is 11.6. The largest absolute Gasteiger partial charge is 0.444 e. The Morgan fingerprint density at radius 1 is 1.23 bits per heavy atom. The second kappa shape index (κ2) is 13.0. The Hall–Kier alpha value is -1.29. The Morgan fingerprint density at radius 3 is 2.50 bits per heavy atom. The van der Waals surface area contributed by atoms with E-state index in [1.165, 1.54) is 0 Å². The van der Waals surface area contributed by atoms with Gasteiger partial charge in [-0.3, -0.25) is 4.99 Å². The Morgan fingerprint density at radius 2 is 1.92 bits per heavy atom. The first kappa shape index (κ1) is 24.7. The standard InChI is InChI=1S/C17H28ClN5O2.HI/c1-5-19-15(20-9-8-13-6-7-14(18)23-12-13)21-10-11-22-16(24)25-17(2,3)4;/h6-7,12H,5,8-11H2,1-4H3,(H,22,24)(H2,19,20,21);1H. The Balaban J connectivity index is 0.00000625. The number of amides is 1. The zero-order chi connectivity index (χ0) is 18.7. The second-order valence-electron chi connectivity index (χ2n) is 6.36. The van der Waals surface area contributed by atoms with E-state index in [0.717, 1.165) is 18.5 Å². The zero-order valence-corrected chi connectivity index (χ0v) is 18.9. The number of alkyl carbamates (subject to hydrolysis) is 1. The molecule has 1 amide bonds. The van der Waals surface area contributed by atoms with Crippen molar-refractivity contribution in [1.82, 2.24) is 20.9 Å². The topological polar surface area (TPSA) is 87.6 Å². The molecule has 0 spiro atoms. The average molecular weight is 498 g/mol. The molecule has 3 N–H and O–H groups in total. The molecule has 1 aromatic heterocycles. The van der Waals surface area contributed by atoms with Gasteiger partial charge in [0.05, 0.1) is 0 Å². The normalized spacial score (nSPS) is 11.3. The number of pyridine rings is 1. The fourth-order valence-corrected chi connectivity index (χ4v) is 1.96. The van der Waals surface area contributed by atoms with Crippen LogP contribution in [0.4, 0.5) is 4.79 Å². The number of aromatic nitrogens is 1. The molecule has 0 saturated carbocycles. The van der Waals surface area contributed by atoms with Crippen molar-refractivity contribution < 1.29 is 9.53 Å². The second-order valence-corrected chi connectivity index (χ2v) is 6.74. The third kappa shape index (κ3) is 12.1. The minimum Gasteiger partial charge on any atom is -0.444 e. The lowest BCUT2D eigenvalue weighted by Gasteiger charge is -2.19. The van der Waals surface area contributed by atoms with E-state index in [1.807, 2.05) is 33.8 Å². The zero-order valence-electron chi connectivity index (χ0n) is 15.8. The summed E-state index contributed by atoms with van der Waals surface area (Å²) in [5.74, 6) is 0.704. The molecule has 1 heterocycles. The lowest BCUT2D eigenvalue weighted by atomic mass is 10.2. The van der Waals surface area contributed by atoms with E-state index in [9.17, 15) is 4.79 Å². The molecule has 1 rings (SSSR count). The van der Waals surface area contributed by atoms with Gasteiger partial charge in [-0.05, 0) is 45.7 Å². The summed E-state index contributed by atoms with van der Waals surface area (Å²) in [7, 11) is 0. The number of hydrogen-bond acceptors (Lipinski definition) is 4. The third-order valence-electron chi connectivity index (χ3n) is 2.89. The summed E-state index contributed by atoms with van der Waals surface area (Å²) >= 11 is 5.77. The van der Waals surface area contributed by atoms with Crippen LogP contribution in [0.5, 0.6) is 0 Å². The van der Waals surface area contributed by atoms with Crippen molar-refractivity contribution >= 4 is 47.6 Å². The first-order valence-electron chi connectivity index (χ1n) is 8.39. The van der Waals surface area contributed by atoms with Gasteiger partial charge in [0.1, 0.15) is 10.8 Å².